The van der Waals surface area contributed by atoms with Gasteiger partial charge in [0, 0.05) is 24.7 Å². The van der Waals surface area contributed by atoms with Gasteiger partial charge in [0.15, 0.2) is 0 Å². The topological polar surface area (TPSA) is 52.6 Å². The van der Waals surface area contributed by atoms with Crippen molar-refractivity contribution in [3.8, 4) is 0 Å². The first-order valence-electron chi connectivity index (χ1n) is 8.47. The Morgan fingerprint density at radius 1 is 1.36 bits per heavy atom. The zero-order valence-electron chi connectivity index (χ0n) is 13.3. The fraction of sp³-hybridized carbons (Fsp3) is 0.611. The second-order valence-corrected chi connectivity index (χ2v) is 6.79. The van der Waals surface area contributed by atoms with Crippen LogP contribution >= 0.6 is 0 Å². The van der Waals surface area contributed by atoms with Gasteiger partial charge in [-0.1, -0.05) is 31.9 Å². The van der Waals surface area contributed by atoms with Crippen LogP contribution in [0.25, 0.3) is 0 Å². The predicted octanol–water partition coefficient (Wildman–Crippen LogP) is 2.96. The van der Waals surface area contributed by atoms with Gasteiger partial charge < -0.3 is 0 Å². The summed E-state index contributed by atoms with van der Waals surface area (Å²) in [5, 5.41) is 8.88. The number of amides is 1. The van der Waals surface area contributed by atoms with Crippen molar-refractivity contribution < 1.29 is 10.0 Å². The van der Waals surface area contributed by atoms with Crippen molar-refractivity contribution >= 4 is 5.91 Å². The minimum atomic E-state index is -0.420. The Bertz CT molecular complexity index is 527. The highest BCUT2D eigenvalue weighted by Crippen LogP contribution is 2.33. The summed E-state index contributed by atoms with van der Waals surface area (Å²) in [6.07, 6.45) is 13.2. The molecule has 1 fully saturated rings. The summed E-state index contributed by atoms with van der Waals surface area (Å²) in [7, 11) is 0. The van der Waals surface area contributed by atoms with Gasteiger partial charge in [-0.05, 0) is 48.8 Å². The number of hydrogen-bond donors (Lipinski definition) is 2. The van der Waals surface area contributed by atoms with Crippen LogP contribution in [0.5, 0.6) is 0 Å². The molecule has 22 heavy (non-hydrogen) atoms. The molecule has 0 bridgehead atoms. The minimum absolute atomic E-state index is 0.420. The van der Waals surface area contributed by atoms with Crippen molar-refractivity contribution in [2.24, 2.45) is 5.92 Å². The normalized spacial score (nSPS) is 27.2. The molecule has 3 aliphatic rings. The van der Waals surface area contributed by atoms with E-state index >= 15 is 0 Å². The lowest BCUT2D eigenvalue weighted by atomic mass is 9.85. The van der Waals surface area contributed by atoms with Crippen molar-refractivity contribution in [2.75, 3.05) is 13.1 Å². The third-order valence-electron chi connectivity index (χ3n) is 5.37. The number of nitrogens with zero attached hydrogens (tertiary/aromatic N) is 1. The quantitative estimate of drug-likeness (QED) is 0.609. The lowest BCUT2D eigenvalue weighted by molar-refractivity contribution is -0.124. The molecule has 2 aliphatic carbocycles. The summed E-state index contributed by atoms with van der Waals surface area (Å²) >= 11 is 0. The lowest BCUT2D eigenvalue weighted by Gasteiger charge is -2.37. The molecule has 0 aromatic rings. The molecule has 1 saturated carbocycles. The van der Waals surface area contributed by atoms with Crippen molar-refractivity contribution in [3.05, 3.63) is 34.9 Å². The van der Waals surface area contributed by atoms with Crippen molar-refractivity contribution in [2.45, 2.75) is 51.5 Å². The van der Waals surface area contributed by atoms with Crippen LogP contribution in [0.3, 0.4) is 0 Å². The summed E-state index contributed by atoms with van der Waals surface area (Å²) in [5.74, 6) is 0.0984. The Morgan fingerprint density at radius 3 is 2.86 bits per heavy atom. The molecule has 0 aromatic heterocycles. The van der Waals surface area contributed by atoms with Crippen molar-refractivity contribution in [1.29, 1.82) is 0 Å². The van der Waals surface area contributed by atoms with E-state index in [1.807, 2.05) is 18.2 Å². The highest BCUT2D eigenvalue weighted by molar-refractivity contribution is 5.95. The van der Waals surface area contributed by atoms with Crippen LogP contribution in [0.4, 0.5) is 0 Å². The average Bonchev–Trinajstić information content (AvgIpc) is 3.05. The van der Waals surface area contributed by atoms with Crippen LogP contribution in [-0.4, -0.2) is 35.1 Å². The first-order valence-corrected chi connectivity index (χ1v) is 8.47. The molecule has 1 aliphatic heterocycles. The third kappa shape index (κ3) is 3.18. The fourth-order valence-electron chi connectivity index (χ4n) is 4.03. The molecule has 0 saturated heterocycles. The van der Waals surface area contributed by atoms with E-state index in [9.17, 15) is 4.79 Å². The summed E-state index contributed by atoms with van der Waals surface area (Å²) in [6, 6.07) is 0.756. The number of hydroxylamine groups is 1. The second kappa shape index (κ2) is 6.80. The van der Waals surface area contributed by atoms with E-state index < -0.39 is 5.91 Å². The number of allylic oxidation sites excluding steroid dienone is 2. The predicted molar refractivity (Wildman–Crippen MR) is 86.4 cm³/mol. The molecule has 1 heterocycles. The molecule has 4 nitrogen and oxygen atoms in total. The molecule has 0 spiro atoms. The molecular formula is C18H26N2O2. The Kier molecular flexibility index (Phi) is 4.79. The molecule has 1 atom stereocenters. The molecule has 3 rings (SSSR count). The first-order chi connectivity index (χ1) is 10.7. The van der Waals surface area contributed by atoms with Gasteiger partial charge in [0.25, 0.3) is 5.91 Å². The highest BCUT2D eigenvalue weighted by atomic mass is 16.5. The smallest absolute Gasteiger partial charge is 0.274 e. The zero-order chi connectivity index (χ0) is 15.5. The largest absolute Gasteiger partial charge is 0.296 e. The van der Waals surface area contributed by atoms with E-state index in [0.717, 1.165) is 32.0 Å². The molecule has 4 heteroatoms. The molecule has 2 N–H and O–H groups in total. The molecule has 0 radical (unpaired) electrons. The number of hydrogen-bond acceptors (Lipinski definition) is 3. The van der Waals surface area contributed by atoms with E-state index in [-0.39, 0.29) is 0 Å². The van der Waals surface area contributed by atoms with Gasteiger partial charge in [-0.3, -0.25) is 14.9 Å². The van der Waals surface area contributed by atoms with Crippen LogP contribution in [0.1, 0.15) is 45.4 Å². The van der Waals surface area contributed by atoms with E-state index in [4.69, 9.17) is 5.21 Å². The van der Waals surface area contributed by atoms with E-state index in [0.29, 0.717) is 11.5 Å². The Balaban J connectivity index is 1.86. The number of carbonyl (C=O) groups is 1. The Hall–Kier alpha value is -1.39. The van der Waals surface area contributed by atoms with Gasteiger partial charge in [-0.2, -0.15) is 0 Å². The molecule has 0 aromatic carbocycles. The summed E-state index contributed by atoms with van der Waals surface area (Å²) in [4.78, 5) is 14.4. The van der Waals surface area contributed by atoms with Crippen LogP contribution in [0, 0.1) is 5.92 Å². The number of carbonyl (C=O) groups excluding carboxylic acids is 1. The summed E-state index contributed by atoms with van der Waals surface area (Å²) in [5.41, 5.74) is 5.08. The Morgan fingerprint density at radius 2 is 2.14 bits per heavy atom. The summed E-state index contributed by atoms with van der Waals surface area (Å²) < 4.78 is 0. The van der Waals surface area contributed by atoms with Gasteiger partial charge in [-0.25, -0.2) is 5.48 Å². The fourth-order valence-corrected chi connectivity index (χ4v) is 4.03. The minimum Gasteiger partial charge on any atom is -0.296 e. The van der Waals surface area contributed by atoms with E-state index in [1.165, 1.54) is 36.8 Å². The van der Waals surface area contributed by atoms with E-state index in [1.54, 1.807) is 5.48 Å². The van der Waals surface area contributed by atoms with Crippen molar-refractivity contribution in [1.82, 2.24) is 10.4 Å². The maximum absolute atomic E-state index is 11.7. The maximum Gasteiger partial charge on any atom is 0.274 e. The van der Waals surface area contributed by atoms with Crippen LogP contribution in [-0.2, 0) is 4.79 Å². The standard InChI is InChI=1S/C18H26N2O2/c1-13-5-4-6-15(18(21)19-22)11-14-9-10-20(12-17(13)14)16-7-2-3-8-16/h4,6,11,13,16,22H,2-3,5,7-10,12H2,1H3,(H,19,21). The van der Waals surface area contributed by atoms with Crippen LogP contribution in [0.2, 0.25) is 0 Å². The second-order valence-electron chi connectivity index (χ2n) is 6.79. The number of rotatable bonds is 2. The van der Waals surface area contributed by atoms with Gasteiger partial charge in [0.1, 0.15) is 0 Å². The number of nitrogens with one attached hydrogen (secondary N) is 1. The van der Waals surface area contributed by atoms with Crippen molar-refractivity contribution in [3.63, 3.8) is 0 Å². The van der Waals surface area contributed by atoms with Gasteiger partial charge >= 0.3 is 0 Å². The third-order valence-corrected chi connectivity index (χ3v) is 5.37. The van der Waals surface area contributed by atoms with Gasteiger partial charge in [-0.15, -0.1) is 0 Å². The van der Waals surface area contributed by atoms with Gasteiger partial charge in [0.2, 0.25) is 0 Å². The molecular weight excluding hydrogens is 276 g/mol. The van der Waals surface area contributed by atoms with Crippen LogP contribution in [0.15, 0.2) is 34.9 Å². The lowest BCUT2D eigenvalue weighted by Crippen LogP contribution is -2.40. The SMILES string of the molecule is CC1CC=CC(C(=O)NO)=CC2=C1CN(C1CCCC1)CC2. The molecule has 1 unspecified atom stereocenters. The monoisotopic (exact) mass is 302 g/mol. The van der Waals surface area contributed by atoms with E-state index in [2.05, 4.69) is 11.8 Å². The zero-order valence-corrected chi connectivity index (χ0v) is 13.3. The highest BCUT2D eigenvalue weighted by Gasteiger charge is 2.29. The summed E-state index contributed by atoms with van der Waals surface area (Å²) in [6.45, 7) is 4.41. The molecule has 1 amide bonds. The Labute approximate surface area is 132 Å². The first kappa shape index (κ1) is 15.5. The average molecular weight is 302 g/mol. The van der Waals surface area contributed by atoms with Crippen LogP contribution < -0.4 is 5.48 Å². The maximum atomic E-state index is 11.7. The molecule has 120 valence electrons. The van der Waals surface area contributed by atoms with Gasteiger partial charge in [0.05, 0.1) is 0 Å².